The Morgan fingerprint density at radius 2 is 1.95 bits per heavy atom. The first-order chi connectivity index (χ1) is 9.78. The van der Waals surface area contributed by atoms with Crippen molar-refractivity contribution < 1.29 is 9.84 Å². The molecule has 0 amide bonds. The van der Waals surface area contributed by atoms with Gasteiger partial charge in [-0.3, -0.25) is 0 Å². The highest BCUT2D eigenvalue weighted by Crippen LogP contribution is 2.32. The highest BCUT2D eigenvalue weighted by atomic mass is 16.5. The maximum atomic E-state index is 9.51. The van der Waals surface area contributed by atoms with Crippen molar-refractivity contribution in [1.29, 1.82) is 0 Å². The molecule has 0 aliphatic carbocycles. The Morgan fingerprint density at radius 3 is 2.75 bits per heavy atom. The SMILES string of the molecule is CCCn1cc(Oc2cccc(O)c2)c2ccccc21. The first-order valence-electron chi connectivity index (χ1n) is 6.82. The van der Waals surface area contributed by atoms with Crippen LogP contribution in [0.25, 0.3) is 10.9 Å². The number of phenolic OH excluding ortho intramolecular Hbond substituents is 1. The number of hydrogen-bond donors (Lipinski definition) is 1. The summed E-state index contributed by atoms with van der Waals surface area (Å²) in [5, 5.41) is 10.6. The Morgan fingerprint density at radius 1 is 1.10 bits per heavy atom. The highest BCUT2D eigenvalue weighted by molar-refractivity contribution is 5.87. The van der Waals surface area contributed by atoms with Gasteiger partial charge in [-0.2, -0.15) is 0 Å². The average molecular weight is 267 g/mol. The Kier molecular flexibility index (Phi) is 3.33. The van der Waals surface area contributed by atoms with Crippen LogP contribution < -0.4 is 4.74 Å². The molecule has 0 aliphatic rings. The summed E-state index contributed by atoms with van der Waals surface area (Å²) in [6.07, 6.45) is 3.10. The van der Waals surface area contributed by atoms with Crippen molar-refractivity contribution in [3.8, 4) is 17.2 Å². The van der Waals surface area contributed by atoms with Crippen molar-refractivity contribution in [1.82, 2.24) is 4.57 Å². The topological polar surface area (TPSA) is 34.4 Å². The van der Waals surface area contributed by atoms with Gasteiger partial charge in [-0.15, -0.1) is 0 Å². The van der Waals surface area contributed by atoms with E-state index in [2.05, 4.69) is 23.6 Å². The molecule has 0 unspecified atom stereocenters. The predicted octanol–water partition coefficient (Wildman–Crippen LogP) is 4.55. The molecule has 0 aliphatic heterocycles. The van der Waals surface area contributed by atoms with Gasteiger partial charge in [-0.25, -0.2) is 0 Å². The molecule has 3 rings (SSSR count). The highest BCUT2D eigenvalue weighted by Gasteiger charge is 2.09. The van der Waals surface area contributed by atoms with E-state index in [1.807, 2.05) is 24.4 Å². The molecule has 0 saturated carbocycles. The normalized spacial score (nSPS) is 10.8. The third kappa shape index (κ3) is 2.35. The van der Waals surface area contributed by atoms with Crippen LogP contribution in [0.3, 0.4) is 0 Å². The minimum atomic E-state index is 0.208. The van der Waals surface area contributed by atoms with Gasteiger partial charge >= 0.3 is 0 Å². The number of aromatic hydroxyl groups is 1. The van der Waals surface area contributed by atoms with Crippen LogP contribution in [-0.2, 0) is 6.54 Å². The number of ether oxygens (including phenoxy) is 1. The number of fused-ring (bicyclic) bond motifs is 1. The van der Waals surface area contributed by atoms with E-state index in [1.54, 1.807) is 18.2 Å². The van der Waals surface area contributed by atoms with E-state index in [1.165, 1.54) is 5.52 Å². The van der Waals surface area contributed by atoms with Gasteiger partial charge in [0.2, 0.25) is 0 Å². The Balaban J connectivity index is 2.03. The fourth-order valence-corrected chi connectivity index (χ4v) is 2.39. The van der Waals surface area contributed by atoms with Crippen molar-refractivity contribution in [2.24, 2.45) is 0 Å². The zero-order valence-corrected chi connectivity index (χ0v) is 11.4. The van der Waals surface area contributed by atoms with E-state index in [-0.39, 0.29) is 5.75 Å². The van der Waals surface area contributed by atoms with Crippen LogP contribution in [0, 0.1) is 0 Å². The van der Waals surface area contributed by atoms with E-state index in [4.69, 9.17) is 4.74 Å². The lowest BCUT2D eigenvalue weighted by atomic mass is 10.2. The summed E-state index contributed by atoms with van der Waals surface area (Å²) in [7, 11) is 0. The molecule has 1 heterocycles. The third-order valence-corrected chi connectivity index (χ3v) is 3.26. The Hall–Kier alpha value is -2.42. The minimum absolute atomic E-state index is 0.208. The van der Waals surface area contributed by atoms with Gasteiger partial charge < -0.3 is 14.4 Å². The molecule has 0 radical (unpaired) electrons. The molecule has 0 fully saturated rings. The molecular formula is C17H17NO2. The summed E-state index contributed by atoms with van der Waals surface area (Å²) in [4.78, 5) is 0. The van der Waals surface area contributed by atoms with Crippen LogP contribution in [-0.4, -0.2) is 9.67 Å². The van der Waals surface area contributed by atoms with Crippen molar-refractivity contribution in [3.05, 3.63) is 54.7 Å². The van der Waals surface area contributed by atoms with Gasteiger partial charge in [0, 0.05) is 24.2 Å². The molecule has 20 heavy (non-hydrogen) atoms. The Bertz CT molecular complexity index is 731. The van der Waals surface area contributed by atoms with E-state index in [9.17, 15) is 5.11 Å². The first-order valence-corrected chi connectivity index (χ1v) is 6.82. The Labute approximate surface area is 118 Å². The molecule has 2 aromatic carbocycles. The van der Waals surface area contributed by atoms with E-state index >= 15 is 0 Å². The van der Waals surface area contributed by atoms with Gasteiger partial charge in [0.1, 0.15) is 11.5 Å². The third-order valence-electron chi connectivity index (χ3n) is 3.26. The van der Waals surface area contributed by atoms with Gasteiger partial charge in [0.15, 0.2) is 5.75 Å². The summed E-state index contributed by atoms with van der Waals surface area (Å²) in [5.41, 5.74) is 1.17. The van der Waals surface area contributed by atoms with Gasteiger partial charge in [-0.1, -0.05) is 25.1 Å². The summed E-state index contributed by atoms with van der Waals surface area (Å²) in [5.74, 6) is 1.67. The second-order valence-electron chi connectivity index (χ2n) is 4.80. The molecule has 0 saturated heterocycles. The summed E-state index contributed by atoms with van der Waals surface area (Å²) >= 11 is 0. The maximum Gasteiger partial charge on any atom is 0.152 e. The molecule has 0 atom stereocenters. The fourth-order valence-electron chi connectivity index (χ4n) is 2.39. The van der Waals surface area contributed by atoms with Crippen molar-refractivity contribution in [2.45, 2.75) is 19.9 Å². The number of nitrogens with zero attached hydrogens (tertiary/aromatic N) is 1. The van der Waals surface area contributed by atoms with E-state index in [0.29, 0.717) is 5.75 Å². The molecule has 3 nitrogen and oxygen atoms in total. The average Bonchev–Trinajstić information content (AvgIpc) is 2.78. The second kappa shape index (κ2) is 5.29. The molecule has 1 aromatic heterocycles. The number of hydrogen-bond acceptors (Lipinski definition) is 2. The van der Waals surface area contributed by atoms with Crippen LogP contribution in [0.4, 0.5) is 0 Å². The molecule has 3 heteroatoms. The minimum Gasteiger partial charge on any atom is -0.508 e. The first kappa shape index (κ1) is 12.6. The maximum absolute atomic E-state index is 9.51. The van der Waals surface area contributed by atoms with Crippen LogP contribution in [0.15, 0.2) is 54.7 Å². The zero-order chi connectivity index (χ0) is 13.9. The lowest BCUT2D eigenvalue weighted by molar-refractivity contribution is 0.456. The number of benzene rings is 2. The summed E-state index contributed by atoms with van der Waals surface area (Å²) in [6, 6.07) is 15.1. The zero-order valence-electron chi connectivity index (χ0n) is 11.4. The molecular weight excluding hydrogens is 250 g/mol. The molecule has 0 spiro atoms. The summed E-state index contributed by atoms with van der Waals surface area (Å²) in [6.45, 7) is 3.12. The molecule has 3 aromatic rings. The van der Waals surface area contributed by atoms with Crippen molar-refractivity contribution in [2.75, 3.05) is 0 Å². The monoisotopic (exact) mass is 267 g/mol. The van der Waals surface area contributed by atoms with Crippen LogP contribution in [0.5, 0.6) is 17.2 Å². The lowest BCUT2D eigenvalue weighted by Gasteiger charge is -2.04. The number of phenols is 1. The summed E-state index contributed by atoms with van der Waals surface area (Å²) < 4.78 is 8.12. The smallest absolute Gasteiger partial charge is 0.152 e. The van der Waals surface area contributed by atoms with Gasteiger partial charge in [0.05, 0.1) is 5.52 Å². The van der Waals surface area contributed by atoms with Gasteiger partial charge in [-0.05, 0) is 30.7 Å². The number of aromatic nitrogens is 1. The number of para-hydroxylation sites is 1. The van der Waals surface area contributed by atoms with Crippen LogP contribution in [0.2, 0.25) is 0 Å². The molecule has 102 valence electrons. The van der Waals surface area contributed by atoms with Crippen molar-refractivity contribution in [3.63, 3.8) is 0 Å². The van der Waals surface area contributed by atoms with Gasteiger partial charge in [0.25, 0.3) is 0 Å². The standard InChI is InChI=1S/C17H17NO2/c1-2-10-18-12-17(15-8-3-4-9-16(15)18)20-14-7-5-6-13(19)11-14/h3-9,11-12,19H,2,10H2,1H3. The van der Waals surface area contributed by atoms with E-state index < -0.39 is 0 Å². The fraction of sp³-hybridized carbons (Fsp3) is 0.176. The second-order valence-corrected chi connectivity index (χ2v) is 4.80. The number of aryl methyl sites for hydroxylation is 1. The number of rotatable bonds is 4. The largest absolute Gasteiger partial charge is 0.508 e. The van der Waals surface area contributed by atoms with Crippen LogP contribution in [0.1, 0.15) is 13.3 Å². The predicted molar refractivity (Wildman–Crippen MR) is 80.4 cm³/mol. The van der Waals surface area contributed by atoms with Crippen LogP contribution >= 0.6 is 0 Å². The molecule has 0 bridgehead atoms. The van der Waals surface area contributed by atoms with E-state index in [0.717, 1.165) is 24.1 Å². The van der Waals surface area contributed by atoms with Crippen molar-refractivity contribution >= 4 is 10.9 Å². The molecule has 1 N–H and O–H groups in total. The quantitative estimate of drug-likeness (QED) is 0.752. The lowest BCUT2D eigenvalue weighted by Crippen LogP contribution is -1.93.